The van der Waals surface area contributed by atoms with Gasteiger partial charge in [0.15, 0.2) is 0 Å². The van der Waals surface area contributed by atoms with Crippen LogP contribution in [0.5, 0.6) is 5.75 Å². The Morgan fingerprint density at radius 1 is 1.03 bits per heavy atom. The van der Waals surface area contributed by atoms with Crippen LogP contribution in [0.15, 0.2) is 78.4 Å². The Bertz CT molecular complexity index is 1270. The molecule has 0 bridgehead atoms. The van der Waals surface area contributed by atoms with Gasteiger partial charge in [0.05, 0.1) is 18.2 Å². The number of amides is 1. The molecular formula is C28H27FN2O4. The molecule has 0 saturated carbocycles. The average molecular weight is 475 g/mol. The maximum Gasteiger partial charge on any atom is 0.300 e. The standard InChI is InChI=1S/C28H27FN2O4/c1-4-16-35-23-7-5-6-22(17-23)31-25(18-10-14-21(15-11-18)30(2)3)24(27(33)28(31)34)26(32)19-8-12-20(29)13-9-19/h5-15,17,25,32H,4,16H2,1-3H3/b26-24+. The van der Waals surface area contributed by atoms with Crippen LogP contribution in [0.1, 0.15) is 30.5 Å². The molecule has 3 aromatic carbocycles. The number of Topliss-reactive ketones (excluding diaryl/α,β-unsaturated/α-hetero) is 1. The van der Waals surface area contributed by atoms with E-state index in [0.29, 0.717) is 23.6 Å². The Hall–Kier alpha value is -4.13. The molecule has 3 aromatic rings. The highest BCUT2D eigenvalue weighted by Crippen LogP contribution is 2.43. The zero-order valence-electron chi connectivity index (χ0n) is 19.9. The van der Waals surface area contributed by atoms with Gasteiger partial charge in [-0.25, -0.2) is 4.39 Å². The van der Waals surface area contributed by atoms with Crippen molar-refractivity contribution in [2.45, 2.75) is 19.4 Å². The van der Waals surface area contributed by atoms with Crippen molar-refractivity contribution in [1.29, 1.82) is 0 Å². The highest BCUT2D eigenvalue weighted by atomic mass is 19.1. The topological polar surface area (TPSA) is 70.1 Å². The number of aliphatic hydroxyl groups excluding tert-OH is 1. The summed E-state index contributed by atoms with van der Waals surface area (Å²) in [5.41, 5.74) is 2.26. The molecule has 1 fully saturated rings. The van der Waals surface area contributed by atoms with Crippen LogP contribution in [0, 0.1) is 5.82 Å². The van der Waals surface area contributed by atoms with E-state index >= 15 is 0 Å². The second-order valence-electron chi connectivity index (χ2n) is 8.51. The second kappa shape index (κ2) is 10.0. The zero-order valence-corrected chi connectivity index (χ0v) is 19.9. The van der Waals surface area contributed by atoms with Gasteiger partial charge in [0, 0.05) is 37.1 Å². The normalized spacial score (nSPS) is 17.0. The van der Waals surface area contributed by atoms with E-state index in [4.69, 9.17) is 4.74 Å². The van der Waals surface area contributed by atoms with Gasteiger partial charge in [-0.2, -0.15) is 0 Å². The predicted molar refractivity (Wildman–Crippen MR) is 134 cm³/mol. The van der Waals surface area contributed by atoms with Gasteiger partial charge in [0.25, 0.3) is 11.7 Å². The molecule has 180 valence electrons. The molecule has 1 atom stereocenters. The molecule has 1 aliphatic rings. The summed E-state index contributed by atoms with van der Waals surface area (Å²) in [6, 6.07) is 18.7. The maximum absolute atomic E-state index is 13.5. The summed E-state index contributed by atoms with van der Waals surface area (Å²) in [7, 11) is 3.83. The van der Waals surface area contributed by atoms with Crippen molar-refractivity contribution < 1.29 is 23.8 Å². The first-order chi connectivity index (χ1) is 16.8. The molecular weight excluding hydrogens is 447 g/mol. The van der Waals surface area contributed by atoms with Crippen molar-refractivity contribution in [3.63, 3.8) is 0 Å². The average Bonchev–Trinajstić information content (AvgIpc) is 3.13. The number of carbonyl (C=O) groups excluding carboxylic acids is 2. The van der Waals surface area contributed by atoms with E-state index in [-0.39, 0.29) is 16.9 Å². The van der Waals surface area contributed by atoms with Gasteiger partial charge in [-0.1, -0.05) is 25.1 Å². The lowest BCUT2D eigenvalue weighted by atomic mass is 9.95. The number of anilines is 2. The Kier molecular flexibility index (Phi) is 6.87. The van der Waals surface area contributed by atoms with Gasteiger partial charge in [-0.3, -0.25) is 14.5 Å². The lowest BCUT2D eigenvalue weighted by Gasteiger charge is -2.26. The Labute approximate surface area is 203 Å². The van der Waals surface area contributed by atoms with E-state index in [1.807, 2.05) is 50.2 Å². The van der Waals surface area contributed by atoms with Crippen molar-refractivity contribution in [3.05, 3.63) is 95.3 Å². The Morgan fingerprint density at radius 2 is 1.71 bits per heavy atom. The van der Waals surface area contributed by atoms with Crippen molar-refractivity contribution in [3.8, 4) is 5.75 Å². The first-order valence-corrected chi connectivity index (χ1v) is 11.4. The third-order valence-electron chi connectivity index (χ3n) is 5.86. The van der Waals surface area contributed by atoms with Crippen molar-refractivity contribution in [2.75, 3.05) is 30.5 Å². The number of rotatable bonds is 7. The summed E-state index contributed by atoms with van der Waals surface area (Å²) >= 11 is 0. The van der Waals surface area contributed by atoms with E-state index in [2.05, 4.69) is 0 Å². The van der Waals surface area contributed by atoms with Gasteiger partial charge in [-0.15, -0.1) is 0 Å². The molecule has 1 unspecified atom stereocenters. The lowest BCUT2D eigenvalue weighted by molar-refractivity contribution is -0.132. The molecule has 0 radical (unpaired) electrons. The number of halogens is 1. The molecule has 0 spiro atoms. The summed E-state index contributed by atoms with van der Waals surface area (Å²) < 4.78 is 19.2. The van der Waals surface area contributed by atoms with Gasteiger partial charge in [0.1, 0.15) is 17.3 Å². The minimum absolute atomic E-state index is 0.0564. The molecule has 6 nitrogen and oxygen atoms in total. The molecule has 1 heterocycles. The Morgan fingerprint density at radius 3 is 2.34 bits per heavy atom. The van der Waals surface area contributed by atoms with Crippen LogP contribution in [0.4, 0.5) is 15.8 Å². The van der Waals surface area contributed by atoms with Gasteiger partial charge >= 0.3 is 0 Å². The van der Waals surface area contributed by atoms with Gasteiger partial charge < -0.3 is 14.7 Å². The summed E-state index contributed by atoms with van der Waals surface area (Å²) in [4.78, 5) is 29.9. The zero-order chi connectivity index (χ0) is 25.1. The van der Waals surface area contributed by atoms with Crippen molar-refractivity contribution >= 4 is 28.8 Å². The quantitative estimate of drug-likeness (QED) is 0.286. The largest absolute Gasteiger partial charge is 0.507 e. The number of hydrogen-bond donors (Lipinski definition) is 1. The van der Waals surface area contributed by atoms with Crippen molar-refractivity contribution in [1.82, 2.24) is 0 Å². The van der Waals surface area contributed by atoms with E-state index in [0.717, 1.165) is 12.1 Å². The molecule has 0 aliphatic carbocycles. The third-order valence-corrected chi connectivity index (χ3v) is 5.86. The van der Waals surface area contributed by atoms with E-state index < -0.39 is 23.5 Å². The number of carbonyl (C=O) groups is 2. The predicted octanol–water partition coefficient (Wildman–Crippen LogP) is 5.31. The summed E-state index contributed by atoms with van der Waals surface area (Å²) in [6.07, 6.45) is 0.824. The van der Waals surface area contributed by atoms with Crippen LogP contribution >= 0.6 is 0 Å². The number of nitrogens with zero attached hydrogens (tertiary/aromatic N) is 2. The van der Waals surface area contributed by atoms with Crippen LogP contribution in [-0.2, 0) is 9.59 Å². The number of benzene rings is 3. The monoisotopic (exact) mass is 474 g/mol. The SMILES string of the molecule is CCCOc1cccc(N2C(=O)C(=O)/C(=C(/O)c3ccc(F)cc3)C2c2ccc(N(C)C)cc2)c1. The van der Waals surface area contributed by atoms with E-state index in [1.54, 1.807) is 24.3 Å². The highest BCUT2D eigenvalue weighted by molar-refractivity contribution is 6.51. The molecule has 4 rings (SSSR count). The highest BCUT2D eigenvalue weighted by Gasteiger charge is 2.47. The van der Waals surface area contributed by atoms with E-state index in [1.165, 1.54) is 29.2 Å². The second-order valence-corrected chi connectivity index (χ2v) is 8.51. The number of aliphatic hydroxyl groups is 1. The number of ether oxygens (including phenoxy) is 1. The van der Waals surface area contributed by atoms with Crippen LogP contribution in [-0.4, -0.2) is 37.5 Å². The van der Waals surface area contributed by atoms with Crippen LogP contribution in [0.2, 0.25) is 0 Å². The minimum Gasteiger partial charge on any atom is -0.507 e. The first-order valence-electron chi connectivity index (χ1n) is 11.4. The van der Waals surface area contributed by atoms with Crippen molar-refractivity contribution in [2.24, 2.45) is 0 Å². The van der Waals surface area contributed by atoms with Crippen LogP contribution in [0.3, 0.4) is 0 Å². The van der Waals surface area contributed by atoms with Gasteiger partial charge in [0.2, 0.25) is 0 Å². The molecule has 35 heavy (non-hydrogen) atoms. The number of ketones is 1. The smallest absolute Gasteiger partial charge is 0.300 e. The summed E-state index contributed by atoms with van der Waals surface area (Å²) in [5.74, 6) is -1.82. The fraction of sp³-hybridized carbons (Fsp3) is 0.214. The first kappa shape index (κ1) is 24.0. The lowest BCUT2D eigenvalue weighted by Crippen LogP contribution is -2.29. The van der Waals surface area contributed by atoms with Crippen LogP contribution in [0.25, 0.3) is 5.76 Å². The molecule has 1 saturated heterocycles. The molecule has 1 aliphatic heterocycles. The minimum atomic E-state index is -0.877. The van der Waals surface area contributed by atoms with Gasteiger partial charge in [-0.05, 0) is 60.5 Å². The van der Waals surface area contributed by atoms with Crippen LogP contribution < -0.4 is 14.5 Å². The Balaban J connectivity index is 1.88. The maximum atomic E-state index is 13.5. The fourth-order valence-corrected chi connectivity index (χ4v) is 4.08. The molecule has 1 N–H and O–H groups in total. The molecule has 0 aromatic heterocycles. The third kappa shape index (κ3) is 4.75. The summed E-state index contributed by atoms with van der Waals surface area (Å²) in [5, 5.41) is 11.1. The summed E-state index contributed by atoms with van der Waals surface area (Å²) in [6.45, 7) is 2.51. The number of hydrogen-bond acceptors (Lipinski definition) is 5. The fourth-order valence-electron chi connectivity index (χ4n) is 4.08. The molecule has 7 heteroatoms. The van der Waals surface area contributed by atoms with E-state index in [9.17, 15) is 19.1 Å². The molecule has 1 amide bonds.